The Kier molecular flexibility index (Phi) is 7.82. The molecule has 1 aromatic rings. The van der Waals surface area contributed by atoms with Gasteiger partial charge in [-0.15, -0.1) is 0 Å². The van der Waals surface area contributed by atoms with Crippen molar-refractivity contribution >= 4 is 27.5 Å². The molecule has 2 amide bonds. The highest BCUT2D eigenvalue weighted by Crippen LogP contribution is 2.29. The number of amides is 2. The first-order chi connectivity index (χ1) is 16.3. The summed E-state index contributed by atoms with van der Waals surface area (Å²) >= 11 is 0. The first-order valence-electron chi connectivity index (χ1n) is 12.7. The van der Waals surface area contributed by atoms with Crippen molar-refractivity contribution in [3.05, 3.63) is 23.8 Å². The number of hydrogen-bond donors (Lipinski definition) is 1. The van der Waals surface area contributed by atoms with Crippen molar-refractivity contribution in [3.63, 3.8) is 0 Å². The van der Waals surface area contributed by atoms with Gasteiger partial charge in [-0.2, -0.15) is 0 Å². The molecule has 0 spiro atoms. The van der Waals surface area contributed by atoms with Crippen LogP contribution in [-0.4, -0.2) is 75.8 Å². The molecule has 1 aliphatic carbocycles. The van der Waals surface area contributed by atoms with E-state index in [4.69, 9.17) is 0 Å². The van der Waals surface area contributed by atoms with Crippen LogP contribution in [0.5, 0.6) is 0 Å². The Morgan fingerprint density at radius 1 is 0.912 bits per heavy atom. The van der Waals surface area contributed by atoms with Crippen LogP contribution in [0, 0.1) is 5.92 Å². The molecule has 3 aliphatic rings. The van der Waals surface area contributed by atoms with E-state index in [1.54, 1.807) is 12.1 Å². The van der Waals surface area contributed by atoms with Crippen molar-refractivity contribution in [2.24, 2.45) is 5.92 Å². The largest absolute Gasteiger partial charge is 0.371 e. The van der Waals surface area contributed by atoms with E-state index in [1.807, 2.05) is 4.90 Å². The molecule has 2 heterocycles. The smallest absolute Gasteiger partial charge is 0.253 e. The number of rotatable bonds is 6. The molecule has 1 N–H and O–H groups in total. The third kappa shape index (κ3) is 5.40. The second-order valence-corrected chi connectivity index (χ2v) is 12.2. The fourth-order valence-corrected chi connectivity index (χ4v) is 6.35. The van der Waals surface area contributed by atoms with Gasteiger partial charge in [0.05, 0.1) is 10.5 Å². The van der Waals surface area contributed by atoms with Crippen LogP contribution in [-0.2, 0) is 14.8 Å². The van der Waals surface area contributed by atoms with Gasteiger partial charge in [0.25, 0.3) is 5.91 Å². The van der Waals surface area contributed by atoms with Gasteiger partial charge in [-0.25, -0.2) is 12.7 Å². The Labute approximate surface area is 203 Å². The first kappa shape index (κ1) is 25.0. The third-order valence-electron chi connectivity index (χ3n) is 7.53. The molecule has 1 saturated carbocycles. The van der Waals surface area contributed by atoms with Crippen molar-refractivity contribution in [2.75, 3.05) is 45.2 Å². The van der Waals surface area contributed by atoms with Crippen molar-refractivity contribution in [1.29, 1.82) is 0 Å². The van der Waals surface area contributed by atoms with E-state index in [9.17, 15) is 18.0 Å². The van der Waals surface area contributed by atoms with Gasteiger partial charge in [0.15, 0.2) is 0 Å². The molecule has 34 heavy (non-hydrogen) atoms. The lowest BCUT2D eigenvalue weighted by molar-refractivity contribution is -0.137. The van der Waals surface area contributed by atoms with Gasteiger partial charge in [0.1, 0.15) is 0 Å². The van der Waals surface area contributed by atoms with Crippen molar-refractivity contribution < 1.29 is 18.0 Å². The minimum atomic E-state index is -3.64. The Balaban J connectivity index is 1.45. The van der Waals surface area contributed by atoms with E-state index in [1.165, 1.54) is 30.9 Å². The van der Waals surface area contributed by atoms with E-state index < -0.39 is 10.0 Å². The van der Waals surface area contributed by atoms with Crippen molar-refractivity contribution in [3.8, 4) is 0 Å². The monoisotopic (exact) mass is 490 g/mol. The molecule has 0 atom stereocenters. The molecule has 188 valence electrons. The fraction of sp³-hybridized carbons (Fsp3) is 0.680. The van der Waals surface area contributed by atoms with E-state index in [0.717, 1.165) is 70.1 Å². The van der Waals surface area contributed by atoms with E-state index in [2.05, 4.69) is 10.2 Å². The van der Waals surface area contributed by atoms with Gasteiger partial charge < -0.3 is 15.1 Å². The molecule has 0 bridgehead atoms. The number of benzene rings is 1. The molecule has 2 saturated heterocycles. The molecule has 0 aromatic heterocycles. The van der Waals surface area contributed by atoms with Crippen LogP contribution in [0.2, 0.25) is 0 Å². The van der Waals surface area contributed by atoms with Crippen LogP contribution in [0.15, 0.2) is 23.1 Å². The van der Waals surface area contributed by atoms with Crippen LogP contribution in [0.4, 0.5) is 5.69 Å². The Morgan fingerprint density at radius 2 is 1.56 bits per heavy atom. The quantitative estimate of drug-likeness (QED) is 0.662. The number of sulfonamides is 1. The van der Waals surface area contributed by atoms with Crippen molar-refractivity contribution in [1.82, 2.24) is 14.5 Å². The second kappa shape index (κ2) is 10.6. The molecule has 9 heteroatoms. The van der Waals surface area contributed by atoms with Crippen LogP contribution >= 0.6 is 0 Å². The third-order valence-corrected chi connectivity index (χ3v) is 9.35. The molecule has 2 aliphatic heterocycles. The highest BCUT2D eigenvalue weighted by atomic mass is 32.2. The predicted octanol–water partition coefficient (Wildman–Crippen LogP) is 2.84. The molecular weight excluding hydrogens is 452 g/mol. The minimum Gasteiger partial charge on any atom is -0.371 e. The second-order valence-electron chi connectivity index (χ2n) is 10.1. The SMILES string of the molecule is CN(C)S(=O)(=O)c1ccc(N2CCCC2)c(C(=O)NC2CCN(C(=O)C3CCCCC3)CC2)c1. The van der Waals surface area contributed by atoms with Gasteiger partial charge in [-0.3, -0.25) is 9.59 Å². The van der Waals surface area contributed by atoms with Gasteiger partial charge >= 0.3 is 0 Å². The lowest BCUT2D eigenvalue weighted by Gasteiger charge is -2.35. The maximum absolute atomic E-state index is 13.4. The summed E-state index contributed by atoms with van der Waals surface area (Å²) in [4.78, 5) is 30.5. The highest BCUT2D eigenvalue weighted by Gasteiger charge is 2.31. The number of likely N-dealkylation sites (tertiary alicyclic amines) is 1. The fourth-order valence-electron chi connectivity index (χ4n) is 5.42. The van der Waals surface area contributed by atoms with Crippen LogP contribution in [0.25, 0.3) is 0 Å². The normalized spacial score (nSPS) is 20.7. The van der Waals surface area contributed by atoms with Crippen LogP contribution < -0.4 is 10.2 Å². The minimum absolute atomic E-state index is 0.0246. The Bertz CT molecular complexity index is 990. The summed E-state index contributed by atoms with van der Waals surface area (Å²) in [5.74, 6) is 0.210. The number of anilines is 1. The molecule has 4 rings (SSSR count). The van der Waals surface area contributed by atoms with Crippen LogP contribution in [0.3, 0.4) is 0 Å². The van der Waals surface area contributed by atoms with E-state index in [0.29, 0.717) is 18.7 Å². The highest BCUT2D eigenvalue weighted by molar-refractivity contribution is 7.89. The average molecular weight is 491 g/mol. The molecular formula is C25H38N4O4S. The summed E-state index contributed by atoms with van der Waals surface area (Å²) in [6, 6.07) is 4.85. The van der Waals surface area contributed by atoms with Crippen molar-refractivity contribution in [2.45, 2.75) is 68.7 Å². The lowest BCUT2D eigenvalue weighted by Crippen LogP contribution is -2.48. The zero-order chi connectivity index (χ0) is 24.3. The number of piperidine rings is 1. The van der Waals surface area contributed by atoms with Gasteiger partial charge in [0.2, 0.25) is 15.9 Å². The maximum atomic E-state index is 13.4. The summed E-state index contributed by atoms with van der Waals surface area (Å²) in [7, 11) is -0.659. The number of nitrogens with one attached hydrogen (secondary N) is 1. The predicted molar refractivity (Wildman–Crippen MR) is 132 cm³/mol. The van der Waals surface area contributed by atoms with E-state index >= 15 is 0 Å². The topological polar surface area (TPSA) is 90.0 Å². The standard InChI is InChI=1S/C25H38N4O4S/c1-27(2)34(32,33)21-10-11-23(28-14-6-7-15-28)22(18-21)24(30)26-20-12-16-29(17-13-20)25(31)19-8-4-3-5-9-19/h10-11,18-20H,3-9,12-17H2,1-2H3,(H,26,30). The Hall–Kier alpha value is -2.13. The maximum Gasteiger partial charge on any atom is 0.253 e. The van der Waals surface area contributed by atoms with E-state index in [-0.39, 0.29) is 28.7 Å². The summed E-state index contributed by atoms with van der Waals surface area (Å²) in [5, 5.41) is 3.13. The average Bonchev–Trinajstić information content (AvgIpc) is 3.39. The lowest BCUT2D eigenvalue weighted by atomic mass is 9.87. The molecule has 3 fully saturated rings. The number of hydrogen-bond acceptors (Lipinski definition) is 5. The zero-order valence-corrected chi connectivity index (χ0v) is 21.3. The van der Waals surface area contributed by atoms with Gasteiger partial charge in [-0.05, 0) is 56.7 Å². The van der Waals surface area contributed by atoms with Gasteiger partial charge in [0, 0.05) is 57.9 Å². The van der Waals surface area contributed by atoms with Crippen LogP contribution in [0.1, 0.15) is 68.1 Å². The number of carbonyl (C=O) groups excluding carboxylic acids is 2. The molecule has 0 unspecified atom stereocenters. The molecule has 8 nitrogen and oxygen atoms in total. The number of nitrogens with zero attached hydrogens (tertiary/aromatic N) is 3. The zero-order valence-electron chi connectivity index (χ0n) is 20.5. The first-order valence-corrected chi connectivity index (χ1v) is 14.1. The summed E-state index contributed by atoms with van der Waals surface area (Å²) < 4.78 is 26.6. The number of carbonyl (C=O) groups is 2. The summed E-state index contributed by atoms with van der Waals surface area (Å²) in [5.41, 5.74) is 1.20. The summed E-state index contributed by atoms with van der Waals surface area (Å²) in [6.07, 6.45) is 9.09. The molecule has 0 radical (unpaired) electrons. The molecule has 1 aromatic carbocycles. The Morgan fingerprint density at radius 3 is 2.18 bits per heavy atom. The summed E-state index contributed by atoms with van der Waals surface area (Å²) in [6.45, 7) is 3.05. The van der Waals surface area contributed by atoms with Gasteiger partial charge in [-0.1, -0.05) is 19.3 Å².